The Morgan fingerprint density at radius 3 is 2.43 bits per heavy atom. The molecule has 0 bridgehead atoms. The number of hydrogen-bond acceptors (Lipinski definition) is 2. The lowest BCUT2D eigenvalue weighted by molar-refractivity contribution is -0.0298. The highest BCUT2D eigenvalue weighted by Gasteiger charge is 2.26. The van der Waals surface area contributed by atoms with Gasteiger partial charge in [-0.3, -0.25) is 0 Å². The van der Waals surface area contributed by atoms with Crippen LogP contribution in [0.4, 0.5) is 8.78 Å². The minimum atomic E-state index is -2.57. The monoisotopic (exact) mass is 210 g/mol. The van der Waals surface area contributed by atoms with Crippen molar-refractivity contribution in [2.24, 2.45) is 0 Å². The topological polar surface area (TPSA) is 29.5 Å². The Hall–Kier alpha value is -0.220. The molecule has 0 heterocycles. The van der Waals surface area contributed by atoms with Crippen LogP contribution in [0.1, 0.15) is 39.0 Å². The van der Waals surface area contributed by atoms with E-state index in [9.17, 15) is 8.78 Å². The fourth-order valence-corrected chi connectivity index (χ4v) is 1.25. The molecule has 1 N–H and O–H groups in total. The molecule has 0 aromatic heterocycles. The van der Waals surface area contributed by atoms with Gasteiger partial charge in [0, 0.05) is 26.6 Å². The summed E-state index contributed by atoms with van der Waals surface area (Å²) in [6, 6.07) is 0. The van der Waals surface area contributed by atoms with Gasteiger partial charge in [0.05, 0.1) is 6.10 Å². The summed E-state index contributed by atoms with van der Waals surface area (Å²) in [7, 11) is 1.52. The van der Waals surface area contributed by atoms with Crippen molar-refractivity contribution in [1.29, 1.82) is 0 Å². The molecule has 0 amide bonds. The summed E-state index contributed by atoms with van der Waals surface area (Å²) in [6.45, 7) is 1.57. The molecule has 14 heavy (non-hydrogen) atoms. The molecule has 0 spiro atoms. The zero-order valence-corrected chi connectivity index (χ0v) is 8.93. The molecule has 0 saturated heterocycles. The van der Waals surface area contributed by atoms with Crippen molar-refractivity contribution >= 4 is 0 Å². The Bertz CT molecular complexity index is 140. The summed E-state index contributed by atoms with van der Waals surface area (Å²) in [6.07, 6.45) is 1.21. The number of halogens is 2. The van der Waals surface area contributed by atoms with Gasteiger partial charge in [-0.05, 0) is 19.3 Å². The molecule has 86 valence electrons. The minimum Gasteiger partial charge on any atom is -0.396 e. The molecule has 2 nitrogen and oxygen atoms in total. The number of rotatable bonds is 8. The van der Waals surface area contributed by atoms with E-state index < -0.39 is 5.92 Å². The van der Waals surface area contributed by atoms with Gasteiger partial charge < -0.3 is 9.84 Å². The van der Waals surface area contributed by atoms with E-state index in [2.05, 4.69) is 0 Å². The third-order valence-electron chi connectivity index (χ3n) is 2.37. The van der Waals surface area contributed by atoms with Gasteiger partial charge in [0.15, 0.2) is 0 Å². The average Bonchev–Trinajstić information content (AvgIpc) is 2.18. The van der Waals surface area contributed by atoms with E-state index in [0.29, 0.717) is 19.3 Å². The van der Waals surface area contributed by atoms with Crippen LogP contribution in [0.3, 0.4) is 0 Å². The molecule has 0 aromatic carbocycles. The Kier molecular flexibility index (Phi) is 7.01. The maximum absolute atomic E-state index is 12.9. The number of hydrogen-bond donors (Lipinski definition) is 1. The van der Waals surface area contributed by atoms with Crippen LogP contribution in [0.5, 0.6) is 0 Å². The van der Waals surface area contributed by atoms with Gasteiger partial charge in [0.2, 0.25) is 5.92 Å². The highest BCUT2D eigenvalue weighted by Crippen LogP contribution is 2.26. The molecule has 1 unspecified atom stereocenters. The van der Waals surface area contributed by atoms with Gasteiger partial charge in [-0.2, -0.15) is 0 Å². The van der Waals surface area contributed by atoms with Crippen LogP contribution in [0.15, 0.2) is 0 Å². The van der Waals surface area contributed by atoms with Crippen molar-refractivity contribution in [3.8, 4) is 0 Å². The van der Waals surface area contributed by atoms with Gasteiger partial charge in [0.1, 0.15) is 0 Å². The maximum Gasteiger partial charge on any atom is 0.248 e. The smallest absolute Gasteiger partial charge is 0.248 e. The van der Waals surface area contributed by atoms with Crippen LogP contribution < -0.4 is 0 Å². The number of aliphatic hydroxyl groups excluding tert-OH is 1. The normalized spacial score (nSPS) is 14.4. The predicted molar refractivity (Wildman–Crippen MR) is 51.6 cm³/mol. The van der Waals surface area contributed by atoms with E-state index in [-0.39, 0.29) is 25.6 Å². The summed E-state index contributed by atoms with van der Waals surface area (Å²) in [5, 5.41) is 8.58. The fourth-order valence-electron chi connectivity index (χ4n) is 1.25. The largest absolute Gasteiger partial charge is 0.396 e. The average molecular weight is 210 g/mol. The fraction of sp³-hybridized carbons (Fsp3) is 1.00. The van der Waals surface area contributed by atoms with E-state index in [1.54, 1.807) is 0 Å². The van der Waals surface area contributed by atoms with Crippen LogP contribution in [-0.4, -0.2) is 30.8 Å². The second-order valence-corrected chi connectivity index (χ2v) is 3.47. The van der Waals surface area contributed by atoms with E-state index in [4.69, 9.17) is 9.84 Å². The Labute approximate surface area is 84.3 Å². The number of ether oxygens (including phenoxy) is 1. The molecule has 0 aliphatic rings. The van der Waals surface area contributed by atoms with E-state index in [0.717, 1.165) is 0 Å². The molecule has 0 aromatic rings. The Morgan fingerprint density at radius 2 is 2.00 bits per heavy atom. The molecule has 0 aliphatic heterocycles. The van der Waals surface area contributed by atoms with Crippen LogP contribution in [0.25, 0.3) is 0 Å². The molecule has 0 fully saturated rings. The third kappa shape index (κ3) is 6.27. The quantitative estimate of drug-likeness (QED) is 0.667. The van der Waals surface area contributed by atoms with Crippen molar-refractivity contribution in [3.05, 3.63) is 0 Å². The third-order valence-corrected chi connectivity index (χ3v) is 2.37. The van der Waals surface area contributed by atoms with Crippen molar-refractivity contribution in [2.75, 3.05) is 13.7 Å². The minimum absolute atomic E-state index is 0.0873. The predicted octanol–water partition coefficient (Wildman–Crippen LogP) is 2.60. The Morgan fingerprint density at radius 1 is 1.36 bits per heavy atom. The van der Waals surface area contributed by atoms with Gasteiger partial charge >= 0.3 is 0 Å². The molecule has 1 atom stereocenters. The number of methoxy groups -OCH3 is 1. The second-order valence-electron chi connectivity index (χ2n) is 3.47. The summed E-state index contributed by atoms with van der Waals surface area (Å²) >= 11 is 0. The van der Waals surface area contributed by atoms with Gasteiger partial charge in [0.25, 0.3) is 0 Å². The summed E-state index contributed by atoms with van der Waals surface area (Å²) in [5.41, 5.74) is 0. The molecular formula is C10H20F2O2. The Balaban J connectivity index is 3.71. The lowest BCUT2D eigenvalue weighted by Gasteiger charge is -2.19. The zero-order chi connectivity index (χ0) is 11.0. The SMILES string of the molecule is CCC(F)(F)CCC(CCCO)OC. The first kappa shape index (κ1) is 13.8. The van der Waals surface area contributed by atoms with Crippen molar-refractivity contribution in [3.63, 3.8) is 0 Å². The van der Waals surface area contributed by atoms with E-state index >= 15 is 0 Å². The van der Waals surface area contributed by atoms with Crippen molar-refractivity contribution in [1.82, 2.24) is 0 Å². The zero-order valence-electron chi connectivity index (χ0n) is 8.93. The van der Waals surface area contributed by atoms with Gasteiger partial charge in [-0.25, -0.2) is 8.78 Å². The molecule has 0 saturated carbocycles. The van der Waals surface area contributed by atoms with Gasteiger partial charge in [-0.15, -0.1) is 0 Å². The molecule has 0 radical (unpaired) electrons. The highest BCUT2D eigenvalue weighted by atomic mass is 19.3. The van der Waals surface area contributed by atoms with Crippen molar-refractivity contribution in [2.45, 2.75) is 51.1 Å². The standard InChI is InChI=1S/C10H20F2O2/c1-3-10(11,12)7-6-9(14-2)5-4-8-13/h9,13H,3-8H2,1-2H3. The first-order valence-corrected chi connectivity index (χ1v) is 5.07. The van der Waals surface area contributed by atoms with E-state index in [1.807, 2.05) is 0 Å². The second kappa shape index (κ2) is 7.12. The maximum atomic E-state index is 12.9. The van der Waals surface area contributed by atoms with Crippen LogP contribution in [0, 0.1) is 0 Å². The van der Waals surface area contributed by atoms with E-state index in [1.165, 1.54) is 14.0 Å². The number of alkyl halides is 2. The molecular weight excluding hydrogens is 190 g/mol. The highest BCUT2D eigenvalue weighted by molar-refractivity contribution is 4.67. The van der Waals surface area contributed by atoms with Crippen LogP contribution in [0.2, 0.25) is 0 Å². The lowest BCUT2D eigenvalue weighted by Crippen LogP contribution is -2.19. The van der Waals surface area contributed by atoms with Crippen LogP contribution >= 0.6 is 0 Å². The summed E-state index contributed by atoms with van der Waals surface area (Å²) < 4.78 is 30.8. The number of aliphatic hydroxyl groups is 1. The van der Waals surface area contributed by atoms with Crippen molar-refractivity contribution < 1.29 is 18.6 Å². The first-order valence-electron chi connectivity index (χ1n) is 5.07. The summed E-state index contributed by atoms with van der Waals surface area (Å²) in [5.74, 6) is -2.57. The molecule has 4 heteroatoms. The molecule has 0 rings (SSSR count). The van der Waals surface area contributed by atoms with Crippen LogP contribution in [-0.2, 0) is 4.74 Å². The molecule has 0 aliphatic carbocycles. The van der Waals surface area contributed by atoms with Gasteiger partial charge in [-0.1, -0.05) is 6.92 Å². The summed E-state index contributed by atoms with van der Waals surface area (Å²) in [4.78, 5) is 0. The first-order chi connectivity index (χ1) is 6.55. The lowest BCUT2D eigenvalue weighted by atomic mass is 10.0.